The summed E-state index contributed by atoms with van der Waals surface area (Å²) in [6, 6.07) is 13.0. The van der Waals surface area contributed by atoms with Crippen LogP contribution in [0.1, 0.15) is 15.9 Å². The van der Waals surface area contributed by atoms with Gasteiger partial charge in [0.05, 0.1) is 5.69 Å². The summed E-state index contributed by atoms with van der Waals surface area (Å²) in [6.07, 6.45) is 2.19. The van der Waals surface area contributed by atoms with Gasteiger partial charge >= 0.3 is 0 Å². The molecule has 0 unspecified atom stereocenters. The zero-order valence-corrected chi connectivity index (χ0v) is 14.0. The third kappa shape index (κ3) is 3.49. The minimum Gasteiger partial charge on any atom is -0.486 e. The second-order valence-corrected chi connectivity index (χ2v) is 5.79. The minimum absolute atomic E-state index is 0.141. The monoisotopic (exact) mass is 351 g/mol. The van der Waals surface area contributed by atoms with Crippen LogP contribution in [0.4, 0.5) is 0 Å². The van der Waals surface area contributed by atoms with Gasteiger partial charge < -0.3 is 14.8 Å². The first-order valence-corrected chi connectivity index (χ1v) is 8.30. The maximum atomic E-state index is 12.4. The van der Waals surface area contributed by atoms with Crippen molar-refractivity contribution in [2.45, 2.75) is 6.42 Å². The van der Waals surface area contributed by atoms with Gasteiger partial charge in [0, 0.05) is 12.1 Å². The SMILES string of the molecule is O=C(NCCc1ccc2c(c1)OCCO2)c1cccc(-n2cnnn2)c1. The Bertz CT molecular complexity index is 911. The summed E-state index contributed by atoms with van der Waals surface area (Å²) >= 11 is 0. The number of hydrogen-bond donors (Lipinski definition) is 1. The average Bonchev–Trinajstić information content (AvgIpc) is 3.23. The molecular formula is C18H17N5O3. The summed E-state index contributed by atoms with van der Waals surface area (Å²) in [4.78, 5) is 12.4. The van der Waals surface area contributed by atoms with Crippen LogP contribution in [0, 0.1) is 0 Å². The Kier molecular flexibility index (Phi) is 4.46. The number of tetrazole rings is 1. The van der Waals surface area contributed by atoms with Gasteiger partial charge in [0.25, 0.3) is 5.91 Å². The van der Waals surface area contributed by atoms with E-state index in [1.165, 1.54) is 11.0 Å². The van der Waals surface area contributed by atoms with E-state index in [2.05, 4.69) is 20.8 Å². The van der Waals surface area contributed by atoms with Crippen molar-refractivity contribution >= 4 is 5.91 Å². The van der Waals surface area contributed by atoms with Crippen LogP contribution in [0.2, 0.25) is 0 Å². The van der Waals surface area contributed by atoms with E-state index in [0.717, 1.165) is 22.7 Å². The largest absolute Gasteiger partial charge is 0.486 e. The summed E-state index contributed by atoms with van der Waals surface area (Å²) < 4.78 is 12.6. The molecule has 132 valence electrons. The second kappa shape index (κ2) is 7.22. The van der Waals surface area contributed by atoms with Crippen LogP contribution >= 0.6 is 0 Å². The number of ether oxygens (including phenoxy) is 2. The van der Waals surface area contributed by atoms with Gasteiger partial charge in [-0.2, -0.15) is 0 Å². The lowest BCUT2D eigenvalue weighted by Crippen LogP contribution is -2.25. The van der Waals surface area contributed by atoms with E-state index in [9.17, 15) is 4.79 Å². The van der Waals surface area contributed by atoms with Crippen LogP contribution in [0.15, 0.2) is 48.8 Å². The standard InChI is InChI=1S/C18H17N5O3/c24-18(14-2-1-3-15(11-14)23-12-20-21-22-23)19-7-6-13-4-5-16-17(10-13)26-9-8-25-16/h1-5,10-12H,6-9H2,(H,19,24). The Morgan fingerprint density at radius 2 is 2.00 bits per heavy atom. The third-order valence-corrected chi connectivity index (χ3v) is 4.03. The van der Waals surface area contributed by atoms with Crippen molar-refractivity contribution in [2.24, 2.45) is 0 Å². The van der Waals surface area contributed by atoms with E-state index < -0.39 is 0 Å². The van der Waals surface area contributed by atoms with E-state index in [1.54, 1.807) is 18.2 Å². The molecule has 0 atom stereocenters. The summed E-state index contributed by atoms with van der Waals surface area (Å²) in [5.41, 5.74) is 2.37. The number of hydrogen-bond acceptors (Lipinski definition) is 6. The second-order valence-electron chi connectivity index (χ2n) is 5.79. The number of aromatic nitrogens is 4. The van der Waals surface area contributed by atoms with Gasteiger partial charge in [0.1, 0.15) is 19.5 Å². The average molecular weight is 351 g/mol. The fraction of sp³-hybridized carbons (Fsp3) is 0.222. The van der Waals surface area contributed by atoms with Gasteiger partial charge in [0.15, 0.2) is 11.5 Å². The smallest absolute Gasteiger partial charge is 0.251 e. The summed E-state index contributed by atoms with van der Waals surface area (Å²) in [5.74, 6) is 1.38. The van der Waals surface area contributed by atoms with Crippen molar-refractivity contribution in [1.29, 1.82) is 0 Å². The predicted molar refractivity (Wildman–Crippen MR) is 92.6 cm³/mol. The summed E-state index contributed by atoms with van der Waals surface area (Å²) in [6.45, 7) is 1.66. The van der Waals surface area contributed by atoms with Crippen LogP contribution in [0.3, 0.4) is 0 Å². The van der Waals surface area contributed by atoms with Crippen molar-refractivity contribution in [2.75, 3.05) is 19.8 Å². The molecule has 1 aromatic heterocycles. The molecule has 2 aromatic carbocycles. The van der Waals surface area contributed by atoms with E-state index >= 15 is 0 Å². The van der Waals surface area contributed by atoms with Gasteiger partial charge in [0.2, 0.25) is 0 Å². The van der Waals surface area contributed by atoms with E-state index in [4.69, 9.17) is 9.47 Å². The van der Waals surface area contributed by atoms with Gasteiger partial charge in [-0.05, 0) is 52.7 Å². The topological polar surface area (TPSA) is 91.2 Å². The number of carbonyl (C=O) groups excluding carboxylic acids is 1. The first-order chi connectivity index (χ1) is 12.8. The first-order valence-electron chi connectivity index (χ1n) is 8.30. The van der Waals surface area contributed by atoms with Crippen LogP contribution < -0.4 is 14.8 Å². The van der Waals surface area contributed by atoms with E-state index in [0.29, 0.717) is 31.7 Å². The van der Waals surface area contributed by atoms with Gasteiger partial charge in [-0.1, -0.05) is 12.1 Å². The molecule has 1 aliphatic rings. The Morgan fingerprint density at radius 3 is 2.85 bits per heavy atom. The lowest BCUT2D eigenvalue weighted by Gasteiger charge is -2.18. The molecule has 0 fully saturated rings. The molecule has 0 saturated carbocycles. The van der Waals surface area contributed by atoms with E-state index in [1.807, 2.05) is 24.3 Å². The quantitative estimate of drug-likeness (QED) is 0.747. The molecule has 0 bridgehead atoms. The molecule has 1 aliphatic heterocycles. The van der Waals surface area contributed by atoms with Gasteiger partial charge in [-0.3, -0.25) is 4.79 Å². The van der Waals surface area contributed by atoms with Crippen molar-refractivity contribution in [3.8, 4) is 17.2 Å². The lowest BCUT2D eigenvalue weighted by atomic mass is 10.1. The molecule has 1 amide bonds. The van der Waals surface area contributed by atoms with E-state index in [-0.39, 0.29) is 5.91 Å². The number of nitrogens with one attached hydrogen (secondary N) is 1. The van der Waals surface area contributed by atoms with Gasteiger partial charge in [-0.15, -0.1) is 5.10 Å². The molecular weight excluding hydrogens is 334 g/mol. The van der Waals surface area contributed by atoms with Crippen LogP contribution in [-0.4, -0.2) is 45.9 Å². The third-order valence-electron chi connectivity index (χ3n) is 4.03. The predicted octanol–water partition coefficient (Wildman–Crippen LogP) is 1.41. The molecule has 2 heterocycles. The molecule has 1 N–H and O–H groups in total. The maximum Gasteiger partial charge on any atom is 0.251 e. The molecule has 4 rings (SSSR count). The molecule has 0 aliphatic carbocycles. The fourth-order valence-electron chi connectivity index (χ4n) is 2.73. The highest BCUT2D eigenvalue weighted by molar-refractivity contribution is 5.94. The molecule has 26 heavy (non-hydrogen) atoms. The summed E-state index contributed by atoms with van der Waals surface area (Å²) in [7, 11) is 0. The molecule has 0 spiro atoms. The number of fused-ring (bicyclic) bond motifs is 1. The maximum absolute atomic E-state index is 12.4. The number of rotatable bonds is 5. The highest BCUT2D eigenvalue weighted by Crippen LogP contribution is 2.30. The molecule has 8 heteroatoms. The molecule has 0 radical (unpaired) electrons. The lowest BCUT2D eigenvalue weighted by molar-refractivity contribution is 0.0954. The first kappa shape index (κ1) is 16.1. The van der Waals surface area contributed by atoms with Crippen LogP contribution in [0.5, 0.6) is 11.5 Å². The van der Waals surface area contributed by atoms with Gasteiger partial charge in [-0.25, -0.2) is 4.68 Å². The van der Waals surface area contributed by atoms with Crippen molar-refractivity contribution in [3.05, 3.63) is 59.9 Å². The Labute approximate surface area is 149 Å². The van der Waals surface area contributed by atoms with Crippen molar-refractivity contribution in [3.63, 3.8) is 0 Å². The van der Waals surface area contributed by atoms with Crippen molar-refractivity contribution < 1.29 is 14.3 Å². The normalized spacial score (nSPS) is 12.6. The minimum atomic E-state index is -0.141. The summed E-state index contributed by atoms with van der Waals surface area (Å²) in [5, 5.41) is 14.0. The zero-order valence-electron chi connectivity index (χ0n) is 14.0. The highest BCUT2D eigenvalue weighted by atomic mass is 16.6. The highest BCUT2D eigenvalue weighted by Gasteiger charge is 2.12. The zero-order chi connectivity index (χ0) is 17.8. The number of carbonyl (C=O) groups is 1. The molecule has 0 saturated heterocycles. The number of benzene rings is 2. The Morgan fingerprint density at radius 1 is 1.12 bits per heavy atom. The number of nitrogens with zero attached hydrogens (tertiary/aromatic N) is 4. The van der Waals surface area contributed by atoms with Crippen LogP contribution in [0.25, 0.3) is 5.69 Å². The number of amides is 1. The Balaban J connectivity index is 1.36. The van der Waals surface area contributed by atoms with Crippen molar-refractivity contribution in [1.82, 2.24) is 25.5 Å². The molecule has 8 nitrogen and oxygen atoms in total. The Hall–Kier alpha value is -3.42. The molecule has 3 aromatic rings. The van der Waals surface area contributed by atoms with Crippen LogP contribution in [-0.2, 0) is 6.42 Å². The fourth-order valence-corrected chi connectivity index (χ4v) is 2.73.